The highest BCUT2D eigenvalue weighted by Crippen LogP contribution is 2.67. The lowest BCUT2D eigenvalue weighted by Gasteiger charge is -2.63. The van der Waals surface area contributed by atoms with Gasteiger partial charge in [0.15, 0.2) is 0 Å². The fourth-order valence-electron chi connectivity index (χ4n) is 6.53. The molecule has 136 valence electrons. The van der Waals surface area contributed by atoms with Crippen molar-refractivity contribution in [3.63, 3.8) is 0 Å². The summed E-state index contributed by atoms with van der Waals surface area (Å²) in [5.74, 6) is 6.20. The molecule has 2 N–H and O–H groups in total. The third-order valence-corrected chi connectivity index (χ3v) is 6.93. The van der Waals surface area contributed by atoms with Crippen LogP contribution in [0.1, 0.15) is 72.2 Å². The van der Waals surface area contributed by atoms with Crippen molar-refractivity contribution in [3.8, 4) is 11.8 Å². The highest BCUT2D eigenvalue weighted by atomic mass is 16.4. The van der Waals surface area contributed by atoms with Gasteiger partial charge in [-0.3, -0.25) is 0 Å². The predicted molar refractivity (Wildman–Crippen MR) is 97.0 cm³/mol. The number of hydrogen-bond donors (Lipinski definition) is 2. The predicted octanol–water partition coefficient (Wildman–Crippen LogP) is 4.29. The fraction of sp³-hybridized carbons (Fsp3) is 0.545. The minimum atomic E-state index is -1.14. The molecule has 4 aliphatic carbocycles. The molecule has 4 heteroatoms. The molecular formula is C22H24O4. The summed E-state index contributed by atoms with van der Waals surface area (Å²) in [5, 5.41) is 18.5. The van der Waals surface area contributed by atoms with Crippen molar-refractivity contribution in [1.82, 2.24) is 0 Å². The molecule has 0 aromatic heterocycles. The molecule has 26 heavy (non-hydrogen) atoms. The number of carboxylic acid groups (broad SMARTS) is 2. The zero-order chi connectivity index (χ0) is 18.7. The molecular weight excluding hydrogens is 328 g/mol. The van der Waals surface area contributed by atoms with E-state index in [0.717, 1.165) is 11.8 Å². The molecule has 0 saturated heterocycles. The molecule has 4 bridgehead atoms. The Balaban J connectivity index is 1.72. The van der Waals surface area contributed by atoms with E-state index in [2.05, 4.69) is 25.7 Å². The standard InChI is InChI=1S/C22H24O4/c1-21-9-13-7-14(10-21)12-22(2,11-13)18(21)6-5-15-3-4-16(19(23)24)8-17(15)20(25)26/h3-4,8,13-14,18H,7,9-12H2,1-2H3,(H,23,24)(H,25,26). The second-order valence-corrected chi connectivity index (χ2v) is 9.17. The lowest BCUT2D eigenvalue weighted by Crippen LogP contribution is -2.55. The topological polar surface area (TPSA) is 74.6 Å². The monoisotopic (exact) mass is 352 g/mol. The third kappa shape index (κ3) is 2.61. The summed E-state index contributed by atoms with van der Waals surface area (Å²) >= 11 is 0. The number of hydrogen-bond acceptors (Lipinski definition) is 2. The summed E-state index contributed by atoms with van der Waals surface area (Å²) in [4.78, 5) is 22.7. The van der Waals surface area contributed by atoms with Crippen LogP contribution in [0.25, 0.3) is 0 Å². The Morgan fingerprint density at radius 1 is 1.00 bits per heavy atom. The van der Waals surface area contributed by atoms with Crippen molar-refractivity contribution in [2.45, 2.75) is 46.0 Å². The average Bonchev–Trinajstić information content (AvgIpc) is 2.51. The van der Waals surface area contributed by atoms with Crippen LogP contribution in [0, 0.1) is 40.4 Å². The quantitative estimate of drug-likeness (QED) is 0.779. The van der Waals surface area contributed by atoms with E-state index in [0.29, 0.717) is 5.56 Å². The van der Waals surface area contributed by atoms with Gasteiger partial charge in [-0.1, -0.05) is 25.7 Å². The zero-order valence-electron chi connectivity index (χ0n) is 15.2. The summed E-state index contributed by atoms with van der Waals surface area (Å²) in [6.45, 7) is 4.71. The largest absolute Gasteiger partial charge is 0.478 e. The Morgan fingerprint density at radius 3 is 2.08 bits per heavy atom. The molecule has 1 aromatic rings. The summed E-state index contributed by atoms with van der Waals surface area (Å²) in [6.07, 6.45) is 6.26. The molecule has 1 aromatic carbocycles. The Labute approximate surface area is 153 Å². The van der Waals surface area contributed by atoms with E-state index in [1.54, 1.807) is 0 Å². The first-order chi connectivity index (χ1) is 12.2. The van der Waals surface area contributed by atoms with Gasteiger partial charge < -0.3 is 10.2 Å². The van der Waals surface area contributed by atoms with E-state index < -0.39 is 11.9 Å². The van der Waals surface area contributed by atoms with Crippen LogP contribution in [0.5, 0.6) is 0 Å². The molecule has 0 heterocycles. The van der Waals surface area contributed by atoms with Crippen LogP contribution in [0.3, 0.4) is 0 Å². The molecule has 0 amide bonds. The van der Waals surface area contributed by atoms with E-state index in [1.165, 1.54) is 50.3 Å². The first-order valence-corrected chi connectivity index (χ1v) is 9.32. The van der Waals surface area contributed by atoms with Gasteiger partial charge in [-0.2, -0.15) is 0 Å². The molecule has 0 spiro atoms. The van der Waals surface area contributed by atoms with E-state index in [1.807, 2.05) is 0 Å². The minimum Gasteiger partial charge on any atom is -0.478 e. The first-order valence-electron chi connectivity index (χ1n) is 9.32. The van der Waals surface area contributed by atoms with Crippen molar-refractivity contribution in [1.29, 1.82) is 0 Å². The molecule has 0 aliphatic heterocycles. The van der Waals surface area contributed by atoms with Crippen molar-refractivity contribution >= 4 is 11.9 Å². The van der Waals surface area contributed by atoms with Gasteiger partial charge in [-0.15, -0.1) is 0 Å². The van der Waals surface area contributed by atoms with Gasteiger partial charge in [0.2, 0.25) is 0 Å². The van der Waals surface area contributed by atoms with Gasteiger partial charge in [-0.25, -0.2) is 9.59 Å². The number of rotatable bonds is 2. The summed E-state index contributed by atoms with van der Waals surface area (Å²) < 4.78 is 0. The van der Waals surface area contributed by atoms with Gasteiger partial charge in [-0.05, 0) is 73.0 Å². The average molecular weight is 352 g/mol. The van der Waals surface area contributed by atoms with Gasteiger partial charge >= 0.3 is 11.9 Å². The molecule has 4 fully saturated rings. The Hall–Kier alpha value is -2.28. The summed E-state index contributed by atoms with van der Waals surface area (Å²) in [5.41, 5.74) is 0.786. The maximum absolute atomic E-state index is 11.6. The highest BCUT2D eigenvalue weighted by molar-refractivity contribution is 5.95. The van der Waals surface area contributed by atoms with Crippen molar-refractivity contribution in [2.75, 3.05) is 0 Å². The molecule has 4 saturated carbocycles. The van der Waals surface area contributed by atoms with Crippen LogP contribution in [0.4, 0.5) is 0 Å². The van der Waals surface area contributed by atoms with Crippen molar-refractivity contribution in [3.05, 3.63) is 34.9 Å². The Kier molecular flexibility index (Phi) is 3.70. The molecule has 5 rings (SSSR count). The lowest BCUT2D eigenvalue weighted by molar-refractivity contribution is -0.127. The third-order valence-electron chi connectivity index (χ3n) is 6.93. The maximum Gasteiger partial charge on any atom is 0.336 e. The van der Waals surface area contributed by atoms with Crippen LogP contribution in [0.15, 0.2) is 18.2 Å². The van der Waals surface area contributed by atoms with E-state index in [4.69, 9.17) is 5.11 Å². The minimum absolute atomic E-state index is 0.0264. The zero-order valence-corrected chi connectivity index (χ0v) is 15.2. The first kappa shape index (κ1) is 17.1. The van der Waals surface area contributed by atoms with E-state index in [9.17, 15) is 14.7 Å². The van der Waals surface area contributed by atoms with Gasteiger partial charge in [0.25, 0.3) is 0 Å². The lowest BCUT2D eigenvalue weighted by atomic mass is 9.41. The number of aromatic carboxylic acids is 2. The number of carbonyl (C=O) groups is 2. The van der Waals surface area contributed by atoms with Crippen molar-refractivity contribution in [2.24, 2.45) is 28.6 Å². The number of carboxylic acids is 2. The summed E-state index contributed by atoms with van der Waals surface area (Å²) in [6, 6.07) is 4.16. The fourth-order valence-corrected chi connectivity index (χ4v) is 6.53. The van der Waals surface area contributed by atoms with Gasteiger partial charge in [0.05, 0.1) is 11.1 Å². The van der Waals surface area contributed by atoms with Crippen LogP contribution < -0.4 is 0 Å². The normalized spacial score (nSPS) is 37.1. The van der Waals surface area contributed by atoms with Crippen LogP contribution in [-0.2, 0) is 0 Å². The Morgan fingerprint density at radius 2 is 1.58 bits per heavy atom. The molecule has 0 atom stereocenters. The SMILES string of the molecule is CC12CC3CC(C1)CC(C)(C3)C2C#Cc1ccc(C(=O)O)cc1C(=O)O. The molecule has 0 radical (unpaired) electrons. The van der Waals surface area contributed by atoms with Gasteiger partial charge in [0, 0.05) is 11.5 Å². The molecule has 4 nitrogen and oxygen atoms in total. The number of benzene rings is 1. The smallest absolute Gasteiger partial charge is 0.336 e. The van der Waals surface area contributed by atoms with E-state index >= 15 is 0 Å². The van der Waals surface area contributed by atoms with Crippen LogP contribution in [0.2, 0.25) is 0 Å². The van der Waals surface area contributed by atoms with E-state index in [-0.39, 0.29) is 27.9 Å². The molecule has 0 unspecified atom stereocenters. The van der Waals surface area contributed by atoms with Crippen LogP contribution >= 0.6 is 0 Å². The van der Waals surface area contributed by atoms with Crippen molar-refractivity contribution < 1.29 is 19.8 Å². The molecule has 4 aliphatic rings. The second-order valence-electron chi connectivity index (χ2n) is 9.17. The van der Waals surface area contributed by atoms with Crippen LogP contribution in [-0.4, -0.2) is 22.2 Å². The highest BCUT2D eigenvalue weighted by Gasteiger charge is 2.59. The maximum atomic E-state index is 11.6. The second kappa shape index (κ2) is 5.61. The summed E-state index contributed by atoms with van der Waals surface area (Å²) in [7, 11) is 0. The van der Waals surface area contributed by atoms with Gasteiger partial charge in [0.1, 0.15) is 0 Å². The Bertz CT molecular complexity index is 821.